The van der Waals surface area contributed by atoms with Crippen LogP contribution in [0.25, 0.3) is 78.1 Å². The molecule has 0 fully saturated rings. The van der Waals surface area contributed by atoms with E-state index in [-0.39, 0.29) is 0 Å². The zero-order chi connectivity index (χ0) is 32.8. The van der Waals surface area contributed by atoms with Gasteiger partial charge in [0.15, 0.2) is 5.82 Å². The Morgan fingerprint density at radius 1 is 0.380 bits per heavy atom. The van der Waals surface area contributed by atoms with Gasteiger partial charge in [0.1, 0.15) is 11.2 Å². The van der Waals surface area contributed by atoms with Crippen molar-refractivity contribution in [2.45, 2.75) is 5.41 Å². The monoisotopic (exact) mass is 636 g/mol. The molecule has 0 N–H and O–H groups in total. The van der Waals surface area contributed by atoms with Gasteiger partial charge < -0.3 is 4.42 Å². The molecule has 11 rings (SSSR count). The summed E-state index contributed by atoms with van der Waals surface area (Å²) in [7, 11) is 0. The van der Waals surface area contributed by atoms with Gasteiger partial charge in [0.25, 0.3) is 0 Å². The maximum Gasteiger partial charge on any atom is 0.160 e. The lowest BCUT2D eigenvalue weighted by Crippen LogP contribution is -2.25. The van der Waals surface area contributed by atoms with Gasteiger partial charge in [-0.3, -0.25) is 0 Å². The number of hydrogen-bond acceptors (Lipinski definition) is 3. The first-order valence-corrected chi connectivity index (χ1v) is 17.1. The van der Waals surface area contributed by atoms with Crippen LogP contribution in [-0.4, -0.2) is 9.97 Å². The van der Waals surface area contributed by atoms with Gasteiger partial charge in [0, 0.05) is 27.5 Å². The molecule has 0 atom stereocenters. The first-order valence-electron chi connectivity index (χ1n) is 17.1. The normalized spacial score (nSPS) is 13.4. The Hall–Kier alpha value is -6.58. The van der Waals surface area contributed by atoms with Crippen LogP contribution in [-0.2, 0) is 5.41 Å². The molecule has 0 saturated carbocycles. The largest absolute Gasteiger partial charge is 0.456 e. The summed E-state index contributed by atoms with van der Waals surface area (Å²) in [6.45, 7) is 0. The lowest BCUT2D eigenvalue weighted by atomic mass is 9.70. The standard InChI is InChI=1S/C47H28N2O/c1-2-13-29(14-3-1)41-28-42(49-46(48-41)30-25-26-44-36(27-30)33-17-7-11-24-43(33)50-44)35-19-12-23-40-45(35)34-18-6-10-22-39(34)47(40)37-20-8-4-15-31(37)32-16-5-9-21-38(32)47/h1-28H. The summed E-state index contributed by atoms with van der Waals surface area (Å²) in [5.41, 5.74) is 16.6. The van der Waals surface area contributed by atoms with Gasteiger partial charge in [-0.2, -0.15) is 0 Å². The Bertz CT molecular complexity index is 2780. The molecule has 9 aromatic rings. The molecule has 50 heavy (non-hydrogen) atoms. The van der Waals surface area contributed by atoms with Gasteiger partial charge in [-0.05, 0) is 74.8 Å². The van der Waals surface area contributed by atoms with Crippen molar-refractivity contribution in [2.24, 2.45) is 0 Å². The van der Waals surface area contributed by atoms with Gasteiger partial charge in [0.2, 0.25) is 0 Å². The zero-order valence-corrected chi connectivity index (χ0v) is 27.0. The summed E-state index contributed by atoms with van der Waals surface area (Å²) in [6.07, 6.45) is 0. The smallest absolute Gasteiger partial charge is 0.160 e. The highest BCUT2D eigenvalue weighted by Crippen LogP contribution is 2.63. The molecule has 0 saturated heterocycles. The van der Waals surface area contributed by atoms with Crippen molar-refractivity contribution in [2.75, 3.05) is 0 Å². The van der Waals surface area contributed by atoms with Crippen molar-refractivity contribution >= 4 is 21.9 Å². The minimum atomic E-state index is -0.416. The maximum absolute atomic E-state index is 6.17. The predicted octanol–water partition coefficient (Wildman–Crippen LogP) is 11.7. The van der Waals surface area contributed by atoms with Crippen LogP contribution in [0.2, 0.25) is 0 Å². The molecule has 0 radical (unpaired) electrons. The average Bonchev–Trinajstić information content (AvgIpc) is 3.82. The van der Waals surface area contributed by atoms with E-state index in [4.69, 9.17) is 14.4 Å². The molecule has 2 aliphatic rings. The number of fused-ring (bicyclic) bond motifs is 13. The number of hydrogen-bond donors (Lipinski definition) is 0. The molecule has 2 aromatic heterocycles. The molecular formula is C47H28N2O. The molecule has 2 aliphatic carbocycles. The number of benzene rings is 7. The molecule has 1 spiro atoms. The first-order chi connectivity index (χ1) is 24.8. The topological polar surface area (TPSA) is 38.9 Å². The SMILES string of the molecule is c1ccc(-c2cc(-c3cccc4c3-c3ccccc3C43c4ccccc4-c4ccccc43)nc(-c3ccc4oc5ccccc5c4c3)n2)cc1. The summed E-state index contributed by atoms with van der Waals surface area (Å²) >= 11 is 0. The number of aromatic nitrogens is 2. The van der Waals surface area contributed by atoms with Crippen molar-refractivity contribution in [3.05, 3.63) is 192 Å². The molecule has 0 amide bonds. The van der Waals surface area contributed by atoms with Crippen LogP contribution in [0, 0.1) is 0 Å². The van der Waals surface area contributed by atoms with E-state index in [2.05, 4.69) is 146 Å². The minimum Gasteiger partial charge on any atom is -0.456 e. The van der Waals surface area contributed by atoms with Crippen LogP contribution in [0.5, 0.6) is 0 Å². The summed E-state index contributed by atoms with van der Waals surface area (Å²) in [5.74, 6) is 0.684. The van der Waals surface area contributed by atoms with Crippen LogP contribution < -0.4 is 0 Å². The molecule has 2 heterocycles. The van der Waals surface area contributed by atoms with Crippen molar-refractivity contribution in [1.82, 2.24) is 9.97 Å². The Morgan fingerprint density at radius 2 is 0.960 bits per heavy atom. The van der Waals surface area contributed by atoms with Gasteiger partial charge in [-0.1, -0.05) is 140 Å². The zero-order valence-electron chi connectivity index (χ0n) is 27.0. The Kier molecular flexibility index (Phi) is 5.59. The van der Waals surface area contributed by atoms with Gasteiger partial charge in [-0.25, -0.2) is 9.97 Å². The molecule has 3 nitrogen and oxygen atoms in total. The fourth-order valence-electron chi connectivity index (χ4n) is 8.69. The number of nitrogens with zero attached hydrogens (tertiary/aromatic N) is 2. The Labute approximate surface area is 289 Å². The van der Waals surface area contributed by atoms with E-state index in [0.29, 0.717) is 5.82 Å². The van der Waals surface area contributed by atoms with Crippen LogP contribution in [0.1, 0.15) is 22.3 Å². The van der Waals surface area contributed by atoms with Crippen molar-refractivity contribution in [1.29, 1.82) is 0 Å². The Morgan fingerprint density at radius 3 is 1.74 bits per heavy atom. The highest BCUT2D eigenvalue weighted by Gasteiger charge is 2.52. The van der Waals surface area contributed by atoms with Gasteiger partial charge >= 0.3 is 0 Å². The second-order valence-electron chi connectivity index (χ2n) is 13.3. The fraction of sp³-hybridized carbons (Fsp3) is 0.0213. The third kappa shape index (κ3) is 3.64. The third-order valence-electron chi connectivity index (χ3n) is 10.7. The molecular weight excluding hydrogens is 609 g/mol. The number of rotatable bonds is 3. The number of para-hydroxylation sites is 1. The first kappa shape index (κ1) is 27.4. The van der Waals surface area contributed by atoms with Crippen molar-refractivity contribution in [3.8, 4) is 56.2 Å². The van der Waals surface area contributed by atoms with E-state index < -0.39 is 5.41 Å². The van der Waals surface area contributed by atoms with E-state index in [1.165, 1.54) is 44.5 Å². The Balaban J connectivity index is 1.19. The summed E-state index contributed by atoms with van der Waals surface area (Å²) in [5, 5.41) is 2.15. The number of furan rings is 1. The molecule has 0 aliphatic heterocycles. The third-order valence-corrected chi connectivity index (χ3v) is 10.7. The fourth-order valence-corrected chi connectivity index (χ4v) is 8.69. The van der Waals surface area contributed by atoms with Gasteiger partial charge in [-0.15, -0.1) is 0 Å². The summed E-state index contributed by atoms with van der Waals surface area (Å²) in [6, 6.07) is 60.6. The van der Waals surface area contributed by atoms with Crippen LogP contribution in [0.15, 0.2) is 174 Å². The molecule has 0 bridgehead atoms. The highest BCUT2D eigenvalue weighted by atomic mass is 16.3. The molecule has 232 valence electrons. The average molecular weight is 637 g/mol. The minimum absolute atomic E-state index is 0.416. The van der Waals surface area contributed by atoms with Crippen molar-refractivity contribution in [3.63, 3.8) is 0 Å². The maximum atomic E-state index is 6.17. The molecule has 3 heteroatoms. The molecule has 7 aromatic carbocycles. The predicted molar refractivity (Wildman–Crippen MR) is 202 cm³/mol. The van der Waals surface area contributed by atoms with E-state index in [1.807, 2.05) is 24.3 Å². The van der Waals surface area contributed by atoms with Crippen molar-refractivity contribution < 1.29 is 4.42 Å². The van der Waals surface area contributed by atoms with E-state index in [0.717, 1.165) is 50.0 Å². The van der Waals surface area contributed by atoms with Crippen LogP contribution in [0.4, 0.5) is 0 Å². The highest BCUT2D eigenvalue weighted by molar-refractivity contribution is 6.06. The lowest BCUT2D eigenvalue weighted by molar-refractivity contribution is 0.669. The van der Waals surface area contributed by atoms with E-state index in [1.54, 1.807) is 0 Å². The van der Waals surface area contributed by atoms with E-state index in [9.17, 15) is 0 Å². The molecule has 0 unspecified atom stereocenters. The van der Waals surface area contributed by atoms with Gasteiger partial charge in [0.05, 0.1) is 16.8 Å². The summed E-state index contributed by atoms with van der Waals surface area (Å²) < 4.78 is 6.17. The lowest BCUT2D eigenvalue weighted by Gasteiger charge is -2.30. The van der Waals surface area contributed by atoms with Crippen LogP contribution >= 0.6 is 0 Å². The second kappa shape index (κ2) is 10.2. The second-order valence-corrected chi connectivity index (χ2v) is 13.3. The summed E-state index contributed by atoms with van der Waals surface area (Å²) in [4.78, 5) is 10.6. The quantitative estimate of drug-likeness (QED) is 0.194. The van der Waals surface area contributed by atoms with Crippen LogP contribution in [0.3, 0.4) is 0 Å². The van der Waals surface area contributed by atoms with E-state index >= 15 is 0 Å².